The molecule has 1 aliphatic rings. The van der Waals surface area contributed by atoms with Crippen molar-refractivity contribution >= 4 is 23.2 Å². The Hall–Kier alpha value is -2.05. The predicted molar refractivity (Wildman–Crippen MR) is 99.8 cm³/mol. The van der Waals surface area contributed by atoms with Crippen LogP contribution in [0.15, 0.2) is 35.5 Å². The molecule has 7 heteroatoms. The van der Waals surface area contributed by atoms with Crippen molar-refractivity contribution in [3.05, 3.63) is 42.0 Å². The number of nitrogens with zero attached hydrogens (tertiary/aromatic N) is 3. The van der Waals surface area contributed by atoms with Crippen LogP contribution in [0.3, 0.4) is 0 Å². The second-order valence-corrected chi connectivity index (χ2v) is 6.38. The molecule has 0 aliphatic carbocycles. The summed E-state index contributed by atoms with van der Waals surface area (Å²) >= 11 is 4.48. The van der Waals surface area contributed by atoms with Gasteiger partial charge in [-0.25, -0.2) is 4.98 Å². The normalized spacial score (nSPS) is 19.8. The number of hydrogen-bond acceptors (Lipinski definition) is 6. The fraction of sp³-hybridized carbons (Fsp3) is 0.421. The van der Waals surface area contributed by atoms with Crippen LogP contribution >= 0.6 is 12.2 Å². The molecule has 1 aromatic heterocycles. The Morgan fingerprint density at radius 3 is 2.62 bits per heavy atom. The van der Waals surface area contributed by atoms with Gasteiger partial charge in [-0.1, -0.05) is 44.0 Å². The van der Waals surface area contributed by atoms with E-state index in [4.69, 9.17) is 9.47 Å². The summed E-state index contributed by atoms with van der Waals surface area (Å²) in [5, 5.41) is 2.14. The fourth-order valence-corrected chi connectivity index (χ4v) is 2.94. The zero-order chi connectivity index (χ0) is 18.4. The van der Waals surface area contributed by atoms with Gasteiger partial charge in [0.2, 0.25) is 5.95 Å². The number of aliphatic imine (C=N–C) groups is 1. The van der Waals surface area contributed by atoms with Gasteiger partial charge in [-0.05, 0) is 18.6 Å². The Balaban J connectivity index is 1.67. The van der Waals surface area contributed by atoms with Crippen molar-refractivity contribution in [2.24, 2.45) is 10.9 Å². The molecule has 3 rings (SSSR count). The predicted octanol–water partition coefficient (Wildman–Crippen LogP) is 4.87. The number of isothiocyanates is 1. The maximum absolute atomic E-state index is 14.1. The van der Waals surface area contributed by atoms with E-state index in [2.05, 4.69) is 39.3 Å². The summed E-state index contributed by atoms with van der Waals surface area (Å²) in [6.07, 6.45) is 4.48. The number of unbranched alkanes of at least 4 members (excludes halogenated alkanes) is 1. The molecule has 2 heterocycles. The van der Waals surface area contributed by atoms with E-state index in [0.29, 0.717) is 24.7 Å². The Kier molecular flexibility index (Phi) is 6.52. The molecule has 0 radical (unpaired) electrons. The SMILES string of the molecule is CCCCC1COC(c2ccc(-c3ncc(N=C=S)nc3F)cc2)OC1. The molecule has 5 nitrogen and oxygen atoms in total. The van der Waals surface area contributed by atoms with Gasteiger partial charge in [0, 0.05) is 17.0 Å². The van der Waals surface area contributed by atoms with Crippen molar-refractivity contribution < 1.29 is 13.9 Å². The molecule has 0 atom stereocenters. The van der Waals surface area contributed by atoms with Crippen molar-refractivity contribution in [1.29, 1.82) is 0 Å². The molecule has 1 fully saturated rings. The van der Waals surface area contributed by atoms with E-state index in [1.54, 1.807) is 12.1 Å². The van der Waals surface area contributed by atoms with Gasteiger partial charge in [-0.2, -0.15) is 14.4 Å². The number of rotatable bonds is 6. The largest absolute Gasteiger partial charge is 0.348 e. The molecule has 0 amide bonds. The van der Waals surface area contributed by atoms with E-state index in [-0.39, 0.29) is 17.8 Å². The van der Waals surface area contributed by atoms with E-state index < -0.39 is 5.95 Å². The molecule has 1 saturated heterocycles. The van der Waals surface area contributed by atoms with Crippen molar-refractivity contribution in [3.63, 3.8) is 0 Å². The Bertz CT molecular complexity index is 786. The van der Waals surface area contributed by atoms with Crippen molar-refractivity contribution in [1.82, 2.24) is 9.97 Å². The van der Waals surface area contributed by atoms with E-state index in [0.717, 1.165) is 12.0 Å². The average molecular weight is 373 g/mol. The van der Waals surface area contributed by atoms with Gasteiger partial charge in [0.05, 0.1) is 24.6 Å². The van der Waals surface area contributed by atoms with Crippen molar-refractivity contribution in [3.8, 4) is 11.3 Å². The van der Waals surface area contributed by atoms with E-state index in [1.165, 1.54) is 19.0 Å². The Labute approximate surface area is 157 Å². The summed E-state index contributed by atoms with van der Waals surface area (Å²) in [5.41, 5.74) is 1.68. The third-order valence-electron chi connectivity index (χ3n) is 4.27. The first-order valence-corrected chi connectivity index (χ1v) is 9.06. The highest BCUT2D eigenvalue weighted by molar-refractivity contribution is 7.78. The minimum Gasteiger partial charge on any atom is -0.348 e. The number of ether oxygens (including phenoxy) is 2. The monoisotopic (exact) mass is 373 g/mol. The molecule has 26 heavy (non-hydrogen) atoms. The van der Waals surface area contributed by atoms with E-state index in [1.807, 2.05) is 12.1 Å². The molecule has 0 bridgehead atoms. The summed E-state index contributed by atoms with van der Waals surface area (Å²) < 4.78 is 25.8. The molecule has 0 saturated carbocycles. The highest BCUT2D eigenvalue weighted by Crippen LogP contribution is 2.29. The van der Waals surface area contributed by atoms with Crippen molar-refractivity contribution in [2.45, 2.75) is 32.5 Å². The van der Waals surface area contributed by atoms with Crippen LogP contribution in [0, 0.1) is 11.9 Å². The number of benzene rings is 1. The zero-order valence-corrected chi connectivity index (χ0v) is 15.3. The molecule has 0 spiro atoms. The van der Waals surface area contributed by atoms with Crippen molar-refractivity contribution in [2.75, 3.05) is 13.2 Å². The van der Waals surface area contributed by atoms with Crippen LogP contribution in [-0.2, 0) is 9.47 Å². The smallest absolute Gasteiger partial charge is 0.241 e. The zero-order valence-electron chi connectivity index (χ0n) is 14.5. The second-order valence-electron chi connectivity index (χ2n) is 6.20. The summed E-state index contributed by atoms with van der Waals surface area (Å²) in [7, 11) is 0. The quantitative estimate of drug-likeness (QED) is 0.534. The van der Waals surface area contributed by atoms with Gasteiger partial charge in [-0.15, -0.1) is 0 Å². The van der Waals surface area contributed by atoms with Gasteiger partial charge in [0.15, 0.2) is 12.1 Å². The molecule has 1 aromatic carbocycles. The van der Waals surface area contributed by atoms with Crippen LogP contribution in [0.2, 0.25) is 0 Å². The molecular formula is C19H20FN3O2S. The lowest BCUT2D eigenvalue weighted by atomic mass is 10.0. The van der Waals surface area contributed by atoms with Gasteiger partial charge < -0.3 is 9.47 Å². The average Bonchev–Trinajstić information content (AvgIpc) is 2.67. The molecule has 0 N–H and O–H groups in total. The Morgan fingerprint density at radius 2 is 2.00 bits per heavy atom. The molecular weight excluding hydrogens is 353 g/mol. The lowest BCUT2D eigenvalue weighted by molar-refractivity contribution is -0.206. The summed E-state index contributed by atoms with van der Waals surface area (Å²) in [4.78, 5) is 11.4. The third kappa shape index (κ3) is 4.56. The number of thiocarbonyl (C=S) groups is 1. The maximum atomic E-state index is 14.1. The van der Waals surface area contributed by atoms with E-state index >= 15 is 0 Å². The minimum absolute atomic E-state index is 0.0968. The van der Waals surface area contributed by atoms with Gasteiger partial charge in [-0.3, -0.25) is 0 Å². The topological polar surface area (TPSA) is 56.6 Å². The first-order chi connectivity index (χ1) is 12.7. The first kappa shape index (κ1) is 18.7. The number of aromatic nitrogens is 2. The summed E-state index contributed by atoms with van der Waals surface area (Å²) in [6.45, 7) is 3.59. The standard InChI is InChI=1S/C19H20FN3O2S/c1-2-3-4-13-10-24-19(25-11-13)15-7-5-14(6-8-15)17-18(20)23-16(9-21-17)22-12-26/h5-9,13,19H,2-4,10-11H2,1H3. The highest BCUT2D eigenvalue weighted by atomic mass is 32.1. The van der Waals surface area contributed by atoms with Crippen LogP contribution in [0.5, 0.6) is 0 Å². The van der Waals surface area contributed by atoms with Gasteiger partial charge >= 0.3 is 0 Å². The summed E-state index contributed by atoms with van der Waals surface area (Å²) in [6, 6.07) is 7.27. The van der Waals surface area contributed by atoms with Crippen LogP contribution in [0.4, 0.5) is 10.2 Å². The lowest BCUT2D eigenvalue weighted by Crippen LogP contribution is -2.27. The van der Waals surface area contributed by atoms with Gasteiger partial charge in [0.1, 0.15) is 5.69 Å². The Morgan fingerprint density at radius 1 is 1.27 bits per heavy atom. The van der Waals surface area contributed by atoms with Crippen LogP contribution in [0.1, 0.15) is 38.0 Å². The van der Waals surface area contributed by atoms with Crippen LogP contribution < -0.4 is 0 Å². The van der Waals surface area contributed by atoms with Crippen LogP contribution in [0.25, 0.3) is 11.3 Å². The molecule has 1 aliphatic heterocycles. The van der Waals surface area contributed by atoms with E-state index in [9.17, 15) is 4.39 Å². The second kappa shape index (κ2) is 9.05. The van der Waals surface area contributed by atoms with Crippen LogP contribution in [-0.4, -0.2) is 28.3 Å². The minimum atomic E-state index is -0.701. The highest BCUT2D eigenvalue weighted by Gasteiger charge is 2.23. The maximum Gasteiger partial charge on any atom is 0.241 e. The molecule has 0 unspecified atom stereocenters. The number of hydrogen-bond donors (Lipinski definition) is 0. The third-order valence-corrected chi connectivity index (χ3v) is 4.36. The van der Waals surface area contributed by atoms with Gasteiger partial charge in [0.25, 0.3) is 0 Å². The molecule has 2 aromatic rings. The first-order valence-electron chi connectivity index (χ1n) is 8.65. The number of halogens is 1. The lowest BCUT2D eigenvalue weighted by Gasteiger charge is -2.29. The summed E-state index contributed by atoms with van der Waals surface area (Å²) in [5.74, 6) is -0.143. The fourth-order valence-electron chi connectivity index (χ4n) is 2.85. The molecule has 136 valence electrons.